The van der Waals surface area contributed by atoms with Crippen molar-refractivity contribution in [1.82, 2.24) is 0 Å². The first-order chi connectivity index (χ1) is 7.08. The summed E-state index contributed by atoms with van der Waals surface area (Å²) in [5.41, 5.74) is 7.37. The molecule has 0 fully saturated rings. The summed E-state index contributed by atoms with van der Waals surface area (Å²) in [7, 11) is 1.52. The Morgan fingerprint density at radius 2 is 2.13 bits per heavy atom. The van der Waals surface area contributed by atoms with Crippen molar-refractivity contribution in [3.8, 4) is 11.5 Å². The minimum Gasteiger partial charge on any atom is -0.504 e. The summed E-state index contributed by atoms with van der Waals surface area (Å²) in [5, 5.41) is 18.5. The zero-order valence-electron chi connectivity index (χ0n) is 9.03. The fourth-order valence-corrected chi connectivity index (χ4v) is 1.58. The number of aliphatic hydroxyl groups excluding tert-OH is 1. The monoisotopic (exact) mass is 211 g/mol. The van der Waals surface area contributed by atoms with Gasteiger partial charge in [-0.1, -0.05) is 6.07 Å². The van der Waals surface area contributed by atoms with Crippen LogP contribution in [0, 0.1) is 6.92 Å². The van der Waals surface area contributed by atoms with Crippen molar-refractivity contribution in [2.75, 3.05) is 13.7 Å². The Bertz CT molecular complexity index is 316. The molecule has 0 aromatic heterocycles. The Balaban J connectivity index is 2.93. The molecule has 0 saturated carbocycles. The molecule has 0 bridgehead atoms. The molecule has 1 aromatic rings. The number of benzene rings is 1. The number of nitrogens with two attached hydrogens (primary N) is 1. The van der Waals surface area contributed by atoms with Crippen LogP contribution in [0.5, 0.6) is 11.5 Å². The van der Waals surface area contributed by atoms with Gasteiger partial charge in [0.2, 0.25) is 0 Å². The third-order valence-electron chi connectivity index (χ3n) is 2.25. The van der Waals surface area contributed by atoms with E-state index in [0.717, 1.165) is 11.1 Å². The van der Waals surface area contributed by atoms with Crippen LogP contribution in [0.1, 0.15) is 11.1 Å². The Hall–Kier alpha value is -1.26. The van der Waals surface area contributed by atoms with Gasteiger partial charge in [0.05, 0.1) is 13.7 Å². The summed E-state index contributed by atoms with van der Waals surface area (Å²) in [6, 6.07) is 3.22. The molecule has 4 heteroatoms. The van der Waals surface area contributed by atoms with Gasteiger partial charge in [0.15, 0.2) is 11.5 Å². The highest BCUT2D eigenvalue weighted by atomic mass is 16.5. The van der Waals surface area contributed by atoms with Crippen LogP contribution in [0.15, 0.2) is 12.1 Å². The number of phenols is 1. The van der Waals surface area contributed by atoms with Crippen LogP contribution in [0.4, 0.5) is 0 Å². The van der Waals surface area contributed by atoms with E-state index in [0.29, 0.717) is 12.2 Å². The van der Waals surface area contributed by atoms with Crippen LogP contribution >= 0.6 is 0 Å². The lowest BCUT2D eigenvalue weighted by atomic mass is 10.0. The molecular formula is C11H17NO3. The summed E-state index contributed by atoms with van der Waals surface area (Å²) in [5.74, 6) is 0.592. The molecule has 0 aliphatic carbocycles. The van der Waals surface area contributed by atoms with E-state index in [4.69, 9.17) is 15.6 Å². The molecule has 4 nitrogen and oxygen atoms in total. The minimum atomic E-state index is -0.294. The second-order valence-electron chi connectivity index (χ2n) is 3.61. The van der Waals surface area contributed by atoms with E-state index in [1.165, 1.54) is 7.11 Å². The largest absolute Gasteiger partial charge is 0.504 e. The molecule has 0 spiro atoms. The molecule has 1 atom stereocenters. The molecule has 0 saturated heterocycles. The average molecular weight is 211 g/mol. The molecule has 1 aromatic carbocycles. The molecule has 1 rings (SSSR count). The predicted molar refractivity (Wildman–Crippen MR) is 58.2 cm³/mol. The fraction of sp³-hybridized carbons (Fsp3) is 0.455. The first kappa shape index (κ1) is 11.8. The van der Waals surface area contributed by atoms with Crippen molar-refractivity contribution >= 4 is 0 Å². The maximum atomic E-state index is 9.63. The van der Waals surface area contributed by atoms with Crippen molar-refractivity contribution in [3.05, 3.63) is 23.3 Å². The van der Waals surface area contributed by atoms with Gasteiger partial charge in [-0.15, -0.1) is 0 Å². The maximum Gasteiger partial charge on any atom is 0.163 e. The Morgan fingerprint density at radius 1 is 1.47 bits per heavy atom. The number of phenolic OH excluding ortho intramolecular Hbond substituents is 1. The number of methoxy groups -OCH3 is 1. The van der Waals surface area contributed by atoms with Crippen LogP contribution < -0.4 is 10.5 Å². The molecule has 0 aliphatic heterocycles. The number of ether oxygens (including phenoxy) is 1. The Labute approximate surface area is 89.3 Å². The van der Waals surface area contributed by atoms with Crippen LogP contribution in [0.25, 0.3) is 0 Å². The third-order valence-corrected chi connectivity index (χ3v) is 2.25. The zero-order chi connectivity index (χ0) is 11.4. The van der Waals surface area contributed by atoms with E-state index < -0.39 is 0 Å². The van der Waals surface area contributed by atoms with Crippen molar-refractivity contribution < 1.29 is 14.9 Å². The van der Waals surface area contributed by atoms with Crippen LogP contribution in [-0.4, -0.2) is 30.0 Å². The van der Waals surface area contributed by atoms with Gasteiger partial charge in [0, 0.05) is 6.04 Å². The average Bonchev–Trinajstić information content (AvgIpc) is 2.17. The highest BCUT2D eigenvalue weighted by molar-refractivity contribution is 5.48. The first-order valence-electron chi connectivity index (χ1n) is 4.81. The number of rotatable bonds is 4. The molecule has 0 heterocycles. The topological polar surface area (TPSA) is 75.7 Å². The summed E-state index contributed by atoms with van der Waals surface area (Å²) in [4.78, 5) is 0. The smallest absolute Gasteiger partial charge is 0.163 e. The molecule has 0 amide bonds. The lowest BCUT2D eigenvalue weighted by Gasteiger charge is -2.12. The summed E-state index contributed by atoms with van der Waals surface area (Å²) >= 11 is 0. The highest BCUT2D eigenvalue weighted by Gasteiger charge is 2.09. The highest BCUT2D eigenvalue weighted by Crippen LogP contribution is 2.31. The quantitative estimate of drug-likeness (QED) is 0.680. The van der Waals surface area contributed by atoms with E-state index in [1.807, 2.05) is 13.0 Å². The van der Waals surface area contributed by atoms with Gasteiger partial charge in [-0.3, -0.25) is 0 Å². The molecule has 84 valence electrons. The van der Waals surface area contributed by atoms with E-state index in [2.05, 4.69) is 0 Å². The normalized spacial score (nSPS) is 12.5. The Morgan fingerprint density at radius 3 is 2.60 bits per heavy atom. The number of aromatic hydroxyl groups is 1. The molecule has 1 unspecified atom stereocenters. The minimum absolute atomic E-state index is 0.0637. The first-order valence-corrected chi connectivity index (χ1v) is 4.81. The predicted octanol–water partition coefficient (Wildman–Crippen LogP) is 0.571. The molecular weight excluding hydrogens is 194 g/mol. The summed E-state index contributed by atoms with van der Waals surface area (Å²) in [6.45, 7) is 1.79. The summed E-state index contributed by atoms with van der Waals surface area (Å²) < 4.78 is 5.03. The van der Waals surface area contributed by atoms with Gasteiger partial charge >= 0.3 is 0 Å². The number of aryl methyl sites for hydroxylation is 1. The molecule has 4 N–H and O–H groups in total. The van der Waals surface area contributed by atoms with Gasteiger partial charge in [-0.2, -0.15) is 0 Å². The van der Waals surface area contributed by atoms with E-state index >= 15 is 0 Å². The third kappa shape index (κ3) is 2.84. The number of aliphatic hydroxyl groups is 1. The molecule has 15 heavy (non-hydrogen) atoms. The van der Waals surface area contributed by atoms with E-state index in [-0.39, 0.29) is 18.4 Å². The van der Waals surface area contributed by atoms with E-state index in [1.54, 1.807) is 6.07 Å². The van der Waals surface area contributed by atoms with Crippen molar-refractivity contribution in [1.29, 1.82) is 0 Å². The SMILES string of the molecule is COc1c(C)cc(CC(N)CO)cc1O. The standard InChI is InChI=1S/C11H17NO3/c1-7-3-8(4-9(12)6-13)5-10(14)11(7)15-2/h3,5,9,13-14H,4,6,12H2,1-2H3. The number of hydrogen-bond donors (Lipinski definition) is 3. The Kier molecular flexibility index (Phi) is 3.94. The van der Waals surface area contributed by atoms with Gasteiger partial charge in [-0.25, -0.2) is 0 Å². The second-order valence-corrected chi connectivity index (χ2v) is 3.61. The lowest BCUT2D eigenvalue weighted by Crippen LogP contribution is -2.26. The van der Waals surface area contributed by atoms with Gasteiger partial charge in [0.1, 0.15) is 0 Å². The maximum absolute atomic E-state index is 9.63. The van der Waals surface area contributed by atoms with Crippen LogP contribution in [0.2, 0.25) is 0 Å². The summed E-state index contributed by atoms with van der Waals surface area (Å²) in [6.07, 6.45) is 0.537. The van der Waals surface area contributed by atoms with Crippen molar-refractivity contribution in [3.63, 3.8) is 0 Å². The van der Waals surface area contributed by atoms with Gasteiger partial charge in [0.25, 0.3) is 0 Å². The number of hydrogen-bond acceptors (Lipinski definition) is 4. The van der Waals surface area contributed by atoms with Gasteiger partial charge in [-0.05, 0) is 30.5 Å². The molecule has 0 radical (unpaired) electrons. The van der Waals surface area contributed by atoms with Crippen LogP contribution in [-0.2, 0) is 6.42 Å². The second kappa shape index (κ2) is 5.00. The van der Waals surface area contributed by atoms with Crippen molar-refractivity contribution in [2.24, 2.45) is 5.73 Å². The zero-order valence-corrected chi connectivity index (χ0v) is 9.03. The van der Waals surface area contributed by atoms with Crippen LogP contribution in [0.3, 0.4) is 0 Å². The molecule has 0 aliphatic rings. The van der Waals surface area contributed by atoms with Gasteiger partial charge < -0.3 is 20.7 Å². The van der Waals surface area contributed by atoms with Crippen molar-refractivity contribution in [2.45, 2.75) is 19.4 Å². The van der Waals surface area contributed by atoms with E-state index in [9.17, 15) is 5.11 Å². The fourth-order valence-electron chi connectivity index (χ4n) is 1.58. The lowest BCUT2D eigenvalue weighted by molar-refractivity contribution is 0.265.